The van der Waals surface area contributed by atoms with E-state index in [0.29, 0.717) is 6.54 Å². The van der Waals surface area contributed by atoms with Crippen molar-refractivity contribution in [3.05, 3.63) is 0 Å². The first-order chi connectivity index (χ1) is 5.62. The second-order valence-corrected chi connectivity index (χ2v) is 3.96. The summed E-state index contributed by atoms with van der Waals surface area (Å²) in [4.78, 5) is 13.4. The highest BCUT2D eigenvalue weighted by Gasteiger charge is 2.48. The molecule has 0 unspecified atom stereocenters. The summed E-state index contributed by atoms with van der Waals surface area (Å²) in [6, 6.07) is 0.163. The van der Waals surface area contributed by atoms with E-state index in [0.717, 1.165) is 25.8 Å². The van der Waals surface area contributed by atoms with E-state index in [4.69, 9.17) is 11.5 Å². The highest BCUT2D eigenvalue weighted by molar-refractivity contribution is 5.89. The minimum atomic E-state index is -0.510. The molecule has 0 radical (unpaired) electrons. The summed E-state index contributed by atoms with van der Waals surface area (Å²) in [6.07, 6.45) is 2.61. The van der Waals surface area contributed by atoms with Gasteiger partial charge >= 0.3 is 0 Å². The van der Waals surface area contributed by atoms with E-state index >= 15 is 0 Å². The van der Waals surface area contributed by atoms with Crippen LogP contribution in [0.25, 0.3) is 0 Å². The Morgan fingerprint density at radius 1 is 1.46 bits per heavy atom. The van der Waals surface area contributed by atoms with Crippen molar-refractivity contribution in [1.29, 1.82) is 0 Å². The molecule has 1 saturated heterocycles. The normalized spacial score (nSPS) is 29.7. The predicted octanol–water partition coefficient (Wildman–Crippen LogP) is -0.541. The molecule has 2 rings (SSSR count). The number of amides is 1. The number of carbonyl (C=O) groups is 1. The van der Waals surface area contributed by atoms with Gasteiger partial charge in [-0.25, -0.2) is 0 Å². The number of likely N-dealkylation sites (tertiary alicyclic amines) is 1. The second-order valence-electron chi connectivity index (χ2n) is 3.96. The molecule has 0 aromatic carbocycles. The molecule has 0 aromatic rings. The average Bonchev–Trinajstić information content (AvgIpc) is 2.62. The van der Waals surface area contributed by atoms with Crippen molar-refractivity contribution in [2.75, 3.05) is 13.1 Å². The third-order valence-corrected chi connectivity index (χ3v) is 2.73. The zero-order valence-corrected chi connectivity index (χ0v) is 8.35. The van der Waals surface area contributed by atoms with Gasteiger partial charge in [0, 0.05) is 19.1 Å². The average molecular weight is 206 g/mol. The summed E-state index contributed by atoms with van der Waals surface area (Å²) in [5.41, 5.74) is 11.0. The maximum Gasteiger partial charge on any atom is 0.242 e. The van der Waals surface area contributed by atoms with E-state index in [-0.39, 0.29) is 24.4 Å². The second kappa shape index (κ2) is 3.44. The Kier molecular flexibility index (Phi) is 2.85. The first-order valence-corrected chi connectivity index (χ1v) is 4.46. The molecule has 4 nitrogen and oxygen atoms in total. The van der Waals surface area contributed by atoms with E-state index in [1.807, 2.05) is 0 Å². The molecule has 13 heavy (non-hydrogen) atoms. The van der Waals surface area contributed by atoms with Gasteiger partial charge < -0.3 is 16.4 Å². The van der Waals surface area contributed by atoms with E-state index in [9.17, 15) is 4.79 Å². The Bertz CT molecular complexity index is 217. The van der Waals surface area contributed by atoms with Crippen molar-refractivity contribution in [2.24, 2.45) is 11.5 Å². The van der Waals surface area contributed by atoms with Gasteiger partial charge in [0.2, 0.25) is 5.91 Å². The Morgan fingerprint density at radius 3 is 2.46 bits per heavy atom. The van der Waals surface area contributed by atoms with Gasteiger partial charge in [-0.1, -0.05) is 0 Å². The van der Waals surface area contributed by atoms with E-state index in [2.05, 4.69) is 0 Å². The third kappa shape index (κ3) is 1.95. The van der Waals surface area contributed by atoms with Crippen LogP contribution in [0.2, 0.25) is 0 Å². The molecule has 0 spiro atoms. The van der Waals surface area contributed by atoms with Gasteiger partial charge in [0.25, 0.3) is 0 Å². The van der Waals surface area contributed by atoms with Crippen LogP contribution in [0.5, 0.6) is 0 Å². The molecule has 4 N–H and O–H groups in total. The summed E-state index contributed by atoms with van der Waals surface area (Å²) in [5, 5.41) is 0. The van der Waals surface area contributed by atoms with Gasteiger partial charge in [0.15, 0.2) is 0 Å². The lowest BCUT2D eigenvalue weighted by Crippen LogP contribution is -2.45. The van der Waals surface area contributed by atoms with Gasteiger partial charge in [-0.3, -0.25) is 4.79 Å². The van der Waals surface area contributed by atoms with Crippen molar-refractivity contribution in [3.63, 3.8) is 0 Å². The van der Waals surface area contributed by atoms with Crippen LogP contribution in [0.4, 0.5) is 0 Å². The van der Waals surface area contributed by atoms with Crippen LogP contribution in [0, 0.1) is 0 Å². The van der Waals surface area contributed by atoms with Gasteiger partial charge in [-0.05, 0) is 19.3 Å². The number of nitrogens with two attached hydrogens (primary N) is 2. The Balaban J connectivity index is 0.000000845. The molecule has 1 amide bonds. The largest absolute Gasteiger partial charge is 0.339 e. The van der Waals surface area contributed by atoms with Crippen LogP contribution in [-0.2, 0) is 4.79 Å². The van der Waals surface area contributed by atoms with Crippen molar-refractivity contribution < 1.29 is 4.79 Å². The lowest BCUT2D eigenvalue weighted by molar-refractivity contribution is -0.132. The molecular weight excluding hydrogens is 190 g/mol. The number of carbonyl (C=O) groups excluding carboxylic acids is 1. The molecule has 2 fully saturated rings. The third-order valence-electron chi connectivity index (χ3n) is 2.73. The van der Waals surface area contributed by atoms with Crippen LogP contribution < -0.4 is 11.5 Å². The van der Waals surface area contributed by atoms with Gasteiger partial charge in [0.1, 0.15) is 0 Å². The molecule has 76 valence electrons. The van der Waals surface area contributed by atoms with Crippen molar-refractivity contribution in [1.82, 2.24) is 4.90 Å². The van der Waals surface area contributed by atoms with Crippen molar-refractivity contribution >= 4 is 18.3 Å². The standard InChI is InChI=1S/C8H15N3O.ClH/c9-6-1-4-11(5-6)7(12)8(10)2-3-8;/h6H,1-5,9-10H2;1H/t6-;/m0./s1. The molecule has 5 heteroatoms. The zero-order chi connectivity index (χ0) is 8.77. The monoisotopic (exact) mass is 205 g/mol. The molecular formula is C8H16ClN3O. The first-order valence-electron chi connectivity index (χ1n) is 4.46. The summed E-state index contributed by atoms with van der Waals surface area (Å²) in [6.45, 7) is 1.48. The lowest BCUT2D eigenvalue weighted by Gasteiger charge is -2.19. The van der Waals surface area contributed by atoms with Crippen molar-refractivity contribution in [2.45, 2.75) is 30.8 Å². The smallest absolute Gasteiger partial charge is 0.242 e. The molecule has 0 aromatic heterocycles. The highest BCUT2D eigenvalue weighted by Crippen LogP contribution is 2.34. The number of hydrogen-bond donors (Lipinski definition) is 2. The molecule has 1 aliphatic carbocycles. The molecule has 1 atom stereocenters. The maximum absolute atomic E-state index is 11.6. The molecule has 1 heterocycles. The quantitative estimate of drug-likeness (QED) is 0.604. The van der Waals surface area contributed by atoms with Gasteiger partial charge in [0.05, 0.1) is 5.54 Å². The van der Waals surface area contributed by atoms with Crippen LogP contribution in [0.15, 0.2) is 0 Å². The maximum atomic E-state index is 11.6. The van der Waals surface area contributed by atoms with Crippen LogP contribution in [0.3, 0.4) is 0 Å². The van der Waals surface area contributed by atoms with Gasteiger partial charge in [-0.15, -0.1) is 12.4 Å². The lowest BCUT2D eigenvalue weighted by atomic mass is 10.2. The zero-order valence-electron chi connectivity index (χ0n) is 7.53. The van der Waals surface area contributed by atoms with E-state index in [1.165, 1.54) is 0 Å². The molecule has 1 aliphatic heterocycles. The van der Waals surface area contributed by atoms with Crippen molar-refractivity contribution in [3.8, 4) is 0 Å². The van der Waals surface area contributed by atoms with E-state index < -0.39 is 5.54 Å². The van der Waals surface area contributed by atoms with Gasteiger partial charge in [-0.2, -0.15) is 0 Å². The number of hydrogen-bond acceptors (Lipinski definition) is 3. The van der Waals surface area contributed by atoms with Crippen LogP contribution in [0.1, 0.15) is 19.3 Å². The van der Waals surface area contributed by atoms with Crippen LogP contribution in [-0.4, -0.2) is 35.5 Å². The predicted molar refractivity (Wildman–Crippen MR) is 52.6 cm³/mol. The Labute approximate surface area is 84.0 Å². The number of nitrogens with zero attached hydrogens (tertiary/aromatic N) is 1. The summed E-state index contributed by atoms with van der Waals surface area (Å²) in [5.74, 6) is 0.107. The topological polar surface area (TPSA) is 72.3 Å². The number of rotatable bonds is 1. The Hall–Kier alpha value is -0.320. The fourth-order valence-corrected chi connectivity index (χ4v) is 1.64. The summed E-state index contributed by atoms with van der Waals surface area (Å²) < 4.78 is 0. The summed E-state index contributed by atoms with van der Waals surface area (Å²) >= 11 is 0. The fourth-order valence-electron chi connectivity index (χ4n) is 1.64. The fraction of sp³-hybridized carbons (Fsp3) is 0.875. The Morgan fingerprint density at radius 2 is 2.08 bits per heavy atom. The van der Waals surface area contributed by atoms with Crippen LogP contribution >= 0.6 is 12.4 Å². The first kappa shape index (κ1) is 10.8. The highest BCUT2D eigenvalue weighted by atomic mass is 35.5. The SMILES string of the molecule is Cl.N[C@H]1CCN(C(=O)C2(N)CC2)C1. The molecule has 0 bridgehead atoms. The summed E-state index contributed by atoms with van der Waals surface area (Å²) in [7, 11) is 0. The van der Waals surface area contributed by atoms with E-state index in [1.54, 1.807) is 4.90 Å². The minimum absolute atomic E-state index is 0. The molecule has 1 saturated carbocycles. The minimum Gasteiger partial charge on any atom is -0.339 e. The number of halogens is 1. The molecule has 2 aliphatic rings.